The quantitative estimate of drug-likeness (QED) is 0.307. The number of halogens is 1. The third-order valence-electron chi connectivity index (χ3n) is 6.45. The number of carbonyl (C=O) groups excluding carboxylic acids is 3. The van der Waals surface area contributed by atoms with Crippen LogP contribution in [0.3, 0.4) is 0 Å². The highest BCUT2D eigenvalue weighted by Crippen LogP contribution is 2.35. The van der Waals surface area contributed by atoms with Gasteiger partial charge in [-0.1, -0.05) is 60.2 Å². The van der Waals surface area contributed by atoms with E-state index in [1.165, 1.54) is 29.2 Å². The highest BCUT2D eigenvalue weighted by atomic mass is 19.1. The van der Waals surface area contributed by atoms with Crippen LogP contribution in [0.25, 0.3) is 0 Å². The Labute approximate surface area is 225 Å². The number of aryl methyl sites for hydroxylation is 1. The van der Waals surface area contributed by atoms with Crippen molar-refractivity contribution in [1.29, 1.82) is 0 Å². The minimum absolute atomic E-state index is 0.154. The predicted molar refractivity (Wildman–Crippen MR) is 146 cm³/mol. The van der Waals surface area contributed by atoms with E-state index in [9.17, 15) is 18.8 Å². The molecule has 1 fully saturated rings. The van der Waals surface area contributed by atoms with Crippen LogP contribution in [0.2, 0.25) is 0 Å². The van der Waals surface area contributed by atoms with E-state index in [-0.39, 0.29) is 12.5 Å². The maximum atomic E-state index is 13.6. The summed E-state index contributed by atoms with van der Waals surface area (Å²) in [6.45, 7) is 2.10. The van der Waals surface area contributed by atoms with Crippen LogP contribution in [0.4, 0.5) is 20.6 Å². The van der Waals surface area contributed by atoms with Crippen LogP contribution in [0.15, 0.2) is 103 Å². The number of cyclic esters (lactones) is 1. The summed E-state index contributed by atoms with van der Waals surface area (Å²) in [6.07, 6.45) is -1.59. The number of anilines is 2. The van der Waals surface area contributed by atoms with Gasteiger partial charge in [-0.05, 0) is 66.6 Å². The first-order valence-electron chi connectivity index (χ1n) is 12.4. The number of hydrogen-bond donors (Lipinski definition) is 2. The third kappa shape index (κ3) is 5.96. The SMILES string of the molecule is Cc1ccc(C(=O)Nc2cccc([C@H]3OC(=O)N(Cc4ccccc4)[C@H]3C(=O)Nc3ccc(F)cc3)c2)cc1. The van der Waals surface area contributed by atoms with Gasteiger partial charge in [-0.15, -0.1) is 0 Å². The fourth-order valence-corrected chi connectivity index (χ4v) is 4.44. The number of amides is 3. The fraction of sp³-hybridized carbons (Fsp3) is 0.129. The van der Waals surface area contributed by atoms with E-state index in [4.69, 9.17) is 4.74 Å². The first kappa shape index (κ1) is 25.7. The zero-order valence-electron chi connectivity index (χ0n) is 21.1. The molecule has 2 atom stereocenters. The van der Waals surface area contributed by atoms with E-state index in [1.54, 1.807) is 36.4 Å². The van der Waals surface area contributed by atoms with Crippen LogP contribution >= 0.6 is 0 Å². The molecule has 196 valence electrons. The average Bonchev–Trinajstić information content (AvgIpc) is 3.27. The van der Waals surface area contributed by atoms with E-state index in [2.05, 4.69) is 10.6 Å². The second-order valence-electron chi connectivity index (χ2n) is 9.30. The first-order chi connectivity index (χ1) is 18.9. The molecule has 0 radical (unpaired) electrons. The van der Waals surface area contributed by atoms with Crippen molar-refractivity contribution in [2.45, 2.75) is 25.6 Å². The summed E-state index contributed by atoms with van der Waals surface area (Å²) in [7, 11) is 0. The Hall–Kier alpha value is -4.98. The number of hydrogen-bond acceptors (Lipinski definition) is 4. The van der Waals surface area contributed by atoms with E-state index in [0.29, 0.717) is 22.5 Å². The standard InChI is InChI=1S/C31H26FN3O4/c1-20-10-12-22(13-11-20)29(36)34-26-9-5-8-23(18-26)28-27(30(37)33-25-16-14-24(32)15-17-25)35(31(38)39-28)19-21-6-3-2-4-7-21/h2-18,27-28H,19H2,1H3,(H,33,37)(H,34,36)/t27-,28-/m1/s1. The van der Waals surface area contributed by atoms with Gasteiger partial charge in [0, 0.05) is 16.9 Å². The molecule has 1 aliphatic heterocycles. The topological polar surface area (TPSA) is 87.7 Å². The van der Waals surface area contributed by atoms with Crippen LogP contribution in [-0.4, -0.2) is 28.8 Å². The summed E-state index contributed by atoms with van der Waals surface area (Å²) in [5.41, 5.74) is 3.80. The van der Waals surface area contributed by atoms with Gasteiger partial charge in [0.1, 0.15) is 5.82 Å². The molecule has 8 heteroatoms. The lowest BCUT2D eigenvalue weighted by Gasteiger charge is -2.24. The number of rotatable bonds is 7. The van der Waals surface area contributed by atoms with Crippen molar-refractivity contribution >= 4 is 29.3 Å². The van der Waals surface area contributed by atoms with Crippen molar-refractivity contribution < 1.29 is 23.5 Å². The summed E-state index contributed by atoms with van der Waals surface area (Å²) in [5.74, 6) is -1.20. The molecule has 0 aliphatic carbocycles. The first-order valence-corrected chi connectivity index (χ1v) is 12.4. The average molecular weight is 524 g/mol. The molecule has 7 nitrogen and oxygen atoms in total. The summed E-state index contributed by atoms with van der Waals surface area (Å²) >= 11 is 0. The maximum absolute atomic E-state index is 13.6. The molecular weight excluding hydrogens is 497 g/mol. The predicted octanol–water partition coefficient (Wildman–Crippen LogP) is 6.09. The molecule has 3 amide bonds. The molecule has 4 aromatic carbocycles. The normalized spacial score (nSPS) is 16.5. The molecule has 1 saturated heterocycles. The zero-order chi connectivity index (χ0) is 27.4. The number of nitrogens with one attached hydrogen (secondary N) is 2. The molecule has 0 bridgehead atoms. The third-order valence-corrected chi connectivity index (χ3v) is 6.45. The molecule has 1 heterocycles. The lowest BCUT2D eigenvalue weighted by Crippen LogP contribution is -2.43. The smallest absolute Gasteiger partial charge is 0.411 e. The fourth-order valence-electron chi connectivity index (χ4n) is 4.44. The van der Waals surface area contributed by atoms with Crippen molar-refractivity contribution in [3.8, 4) is 0 Å². The van der Waals surface area contributed by atoms with E-state index in [0.717, 1.165) is 11.1 Å². The summed E-state index contributed by atoms with van der Waals surface area (Å²) in [4.78, 5) is 40.8. The minimum atomic E-state index is -1.02. The highest BCUT2D eigenvalue weighted by molar-refractivity contribution is 6.04. The molecule has 5 rings (SSSR count). The van der Waals surface area contributed by atoms with E-state index in [1.807, 2.05) is 49.4 Å². The largest absolute Gasteiger partial charge is 0.438 e. The number of nitrogens with zero attached hydrogens (tertiary/aromatic N) is 1. The molecule has 2 N–H and O–H groups in total. The Balaban J connectivity index is 1.43. The Morgan fingerprint density at radius 1 is 0.846 bits per heavy atom. The van der Waals surface area contributed by atoms with Crippen molar-refractivity contribution in [3.05, 3.63) is 131 Å². The van der Waals surface area contributed by atoms with Gasteiger partial charge in [0.2, 0.25) is 0 Å². The van der Waals surface area contributed by atoms with Crippen molar-refractivity contribution in [2.75, 3.05) is 10.6 Å². The number of carbonyl (C=O) groups is 3. The van der Waals surface area contributed by atoms with Crippen LogP contribution < -0.4 is 10.6 Å². The van der Waals surface area contributed by atoms with Gasteiger partial charge in [0.05, 0.1) is 6.54 Å². The number of ether oxygens (including phenoxy) is 1. The second kappa shape index (κ2) is 11.2. The van der Waals surface area contributed by atoms with Gasteiger partial charge < -0.3 is 15.4 Å². The molecule has 0 unspecified atom stereocenters. The molecular formula is C31H26FN3O4. The second-order valence-corrected chi connectivity index (χ2v) is 9.30. The Bertz CT molecular complexity index is 1490. The summed E-state index contributed by atoms with van der Waals surface area (Å²) in [6, 6.07) is 27.7. The van der Waals surface area contributed by atoms with Gasteiger partial charge in [0.15, 0.2) is 12.1 Å². The molecule has 0 aromatic heterocycles. The van der Waals surface area contributed by atoms with Crippen molar-refractivity contribution in [3.63, 3.8) is 0 Å². The van der Waals surface area contributed by atoms with Gasteiger partial charge in [0.25, 0.3) is 11.8 Å². The lowest BCUT2D eigenvalue weighted by molar-refractivity contribution is -0.121. The molecule has 1 aliphatic rings. The molecule has 4 aromatic rings. The Morgan fingerprint density at radius 2 is 1.56 bits per heavy atom. The molecule has 39 heavy (non-hydrogen) atoms. The van der Waals surface area contributed by atoms with Gasteiger partial charge >= 0.3 is 6.09 Å². The van der Waals surface area contributed by atoms with Gasteiger partial charge in [-0.3, -0.25) is 14.5 Å². The minimum Gasteiger partial charge on any atom is -0.438 e. The molecule has 0 spiro atoms. The van der Waals surface area contributed by atoms with Gasteiger partial charge in [-0.25, -0.2) is 9.18 Å². The Kier molecular flexibility index (Phi) is 7.36. The van der Waals surface area contributed by atoms with Crippen LogP contribution in [-0.2, 0) is 16.1 Å². The van der Waals surface area contributed by atoms with Crippen molar-refractivity contribution in [1.82, 2.24) is 4.90 Å². The van der Waals surface area contributed by atoms with Crippen molar-refractivity contribution in [2.24, 2.45) is 0 Å². The van der Waals surface area contributed by atoms with E-state index >= 15 is 0 Å². The number of benzene rings is 4. The Morgan fingerprint density at radius 3 is 2.28 bits per heavy atom. The van der Waals surface area contributed by atoms with Crippen LogP contribution in [0.5, 0.6) is 0 Å². The monoisotopic (exact) mass is 523 g/mol. The van der Waals surface area contributed by atoms with Crippen LogP contribution in [0.1, 0.15) is 33.2 Å². The highest BCUT2D eigenvalue weighted by Gasteiger charge is 2.47. The maximum Gasteiger partial charge on any atom is 0.411 e. The zero-order valence-corrected chi connectivity index (χ0v) is 21.1. The lowest BCUT2D eigenvalue weighted by atomic mass is 10.00. The van der Waals surface area contributed by atoms with Crippen LogP contribution in [0, 0.1) is 12.7 Å². The summed E-state index contributed by atoms with van der Waals surface area (Å²) < 4.78 is 19.1. The van der Waals surface area contributed by atoms with E-state index < -0.39 is 30.0 Å². The molecule has 0 saturated carbocycles. The van der Waals surface area contributed by atoms with Gasteiger partial charge in [-0.2, -0.15) is 0 Å². The summed E-state index contributed by atoms with van der Waals surface area (Å²) in [5, 5.41) is 5.63.